The third kappa shape index (κ3) is 0.858. The summed E-state index contributed by atoms with van der Waals surface area (Å²) < 4.78 is 0. The van der Waals surface area contributed by atoms with Gasteiger partial charge >= 0.3 is 0 Å². The standard InChI is InChI=1S/C6H14N2/c1-5-6(7)3-4-8(5)2/h5-6H,3-4,7H2,1-2H3/t5-,6-/m0/s1. The number of rotatable bonds is 0. The molecule has 0 aliphatic carbocycles. The normalized spacial score (nSPS) is 40.9. The SMILES string of the molecule is C[C@H]1[C@@H](N)CCN1C. The Hall–Kier alpha value is -0.0800. The molecule has 1 saturated heterocycles. The number of hydrogen-bond acceptors (Lipinski definition) is 2. The molecule has 0 radical (unpaired) electrons. The average molecular weight is 114 g/mol. The molecule has 1 aliphatic rings. The molecule has 0 unspecified atom stereocenters. The van der Waals surface area contributed by atoms with Gasteiger partial charge in [-0.3, -0.25) is 0 Å². The topological polar surface area (TPSA) is 29.3 Å². The third-order valence-electron chi connectivity index (χ3n) is 2.13. The van der Waals surface area contributed by atoms with Crippen molar-refractivity contribution >= 4 is 0 Å². The van der Waals surface area contributed by atoms with Gasteiger partial charge in [0.25, 0.3) is 0 Å². The summed E-state index contributed by atoms with van der Waals surface area (Å²) in [6, 6.07) is 1.01. The van der Waals surface area contributed by atoms with E-state index in [4.69, 9.17) is 5.73 Å². The van der Waals surface area contributed by atoms with Gasteiger partial charge in [-0.25, -0.2) is 0 Å². The molecule has 48 valence electrons. The Kier molecular flexibility index (Phi) is 1.54. The van der Waals surface area contributed by atoms with Gasteiger partial charge in [0.1, 0.15) is 0 Å². The monoisotopic (exact) mass is 114 g/mol. The van der Waals surface area contributed by atoms with Crippen LogP contribution < -0.4 is 5.73 Å². The lowest BCUT2D eigenvalue weighted by Gasteiger charge is -2.16. The van der Waals surface area contributed by atoms with Crippen molar-refractivity contribution in [2.45, 2.75) is 25.4 Å². The van der Waals surface area contributed by atoms with Gasteiger partial charge in [0, 0.05) is 12.1 Å². The fourth-order valence-electron chi connectivity index (χ4n) is 1.12. The largest absolute Gasteiger partial charge is 0.326 e. The van der Waals surface area contributed by atoms with Crippen LogP contribution in [-0.2, 0) is 0 Å². The molecule has 0 bridgehead atoms. The van der Waals surface area contributed by atoms with Crippen LogP contribution in [0.5, 0.6) is 0 Å². The number of nitrogens with two attached hydrogens (primary N) is 1. The molecule has 1 aliphatic heterocycles. The average Bonchev–Trinajstić information content (AvgIpc) is 1.98. The van der Waals surface area contributed by atoms with Gasteiger partial charge in [0.2, 0.25) is 0 Å². The van der Waals surface area contributed by atoms with E-state index in [1.54, 1.807) is 0 Å². The van der Waals surface area contributed by atoms with Crippen molar-refractivity contribution in [1.29, 1.82) is 0 Å². The van der Waals surface area contributed by atoms with E-state index in [2.05, 4.69) is 18.9 Å². The van der Waals surface area contributed by atoms with Crippen molar-refractivity contribution < 1.29 is 0 Å². The molecule has 0 amide bonds. The molecule has 1 fully saturated rings. The molecule has 2 atom stereocenters. The van der Waals surface area contributed by atoms with Crippen molar-refractivity contribution in [1.82, 2.24) is 4.90 Å². The summed E-state index contributed by atoms with van der Waals surface area (Å²) in [4.78, 5) is 2.30. The minimum atomic E-state index is 0.417. The number of nitrogens with zero attached hydrogens (tertiary/aromatic N) is 1. The van der Waals surface area contributed by atoms with Crippen molar-refractivity contribution in [3.63, 3.8) is 0 Å². The van der Waals surface area contributed by atoms with E-state index in [0.717, 1.165) is 6.42 Å². The van der Waals surface area contributed by atoms with Crippen LogP contribution in [0.3, 0.4) is 0 Å². The summed E-state index contributed by atoms with van der Waals surface area (Å²) >= 11 is 0. The van der Waals surface area contributed by atoms with Crippen molar-refractivity contribution in [3.8, 4) is 0 Å². The summed E-state index contributed by atoms with van der Waals surface area (Å²) in [6.45, 7) is 3.35. The van der Waals surface area contributed by atoms with E-state index >= 15 is 0 Å². The van der Waals surface area contributed by atoms with Crippen LogP contribution in [0.1, 0.15) is 13.3 Å². The Morgan fingerprint density at radius 2 is 2.25 bits per heavy atom. The fourth-order valence-corrected chi connectivity index (χ4v) is 1.12. The number of hydrogen-bond donors (Lipinski definition) is 1. The minimum Gasteiger partial charge on any atom is -0.326 e. The molecular formula is C6H14N2. The molecule has 0 aromatic heterocycles. The molecular weight excluding hydrogens is 100 g/mol. The van der Waals surface area contributed by atoms with Crippen LogP contribution in [0.4, 0.5) is 0 Å². The molecule has 0 saturated carbocycles. The molecule has 2 heteroatoms. The molecule has 1 heterocycles. The van der Waals surface area contributed by atoms with E-state index in [1.807, 2.05) is 0 Å². The Bertz CT molecular complexity index is 72.6. The molecule has 2 N–H and O–H groups in total. The second-order valence-corrected chi connectivity index (χ2v) is 2.67. The number of likely N-dealkylation sites (tertiary alicyclic amines) is 1. The predicted octanol–water partition coefficient (Wildman–Crippen LogP) is 0.0377. The maximum Gasteiger partial charge on any atom is 0.0216 e. The Morgan fingerprint density at radius 3 is 2.38 bits per heavy atom. The zero-order valence-electron chi connectivity index (χ0n) is 5.59. The zero-order valence-corrected chi connectivity index (χ0v) is 5.59. The van der Waals surface area contributed by atoms with E-state index in [9.17, 15) is 0 Å². The molecule has 0 aromatic rings. The van der Waals surface area contributed by atoms with Gasteiger partial charge in [-0.05, 0) is 26.9 Å². The van der Waals surface area contributed by atoms with E-state index in [0.29, 0.717) is 12.1 Å². The van der Waals surface area contributed by atoms with Crippen LogP contribution >= 0.6 is 0 Å². The first kappa shape index (κ1) is 6.05. The number of likely N-dealkylation sites (N-methyl/N-ethyl adjacent to an activating group) is 1. The summed E-state index contributed by atoms with van der Waals surface area (Å²) in [6.07, 6.45) is 1.16. The van der Waals surface area contributed by atoms with Gasteiger partial charge in [-0.1, -0.05) is 0 Å². The second kappa shape index (κ2) is 2.03. The first-order valence-electron chi connectivity index (χ1n) is 3.17. The highest BCUT2D eigenvalue weighted by Gasteiger charge is 2.23. The van der Waals surface area contributed by atoms with Gasteiger partial charge in [-0.15, -0.1) is 0 Å². The first-order valence-corrected chi connectivity index (χ1v) is 3.17. The second-order valence-electron chi connectivity index (χ2n) is 2.67. The van der Waals surface area contributed by atoms with Gasteiger partial charge in [0.15, 0.2) is 0 Å². The van der Waals surface area contributed by atoms with Crippen LogP contribution in [0.15, 0.2) is 0 Å². The lowest BCUT2D eigenvalue weighted by molar-refractivity contribution is 0.318. The van der Waals surface area contributed by atoms with Crippen LogP contribution in [-0.4, -0.2) is 30.6 Å². The molecule has 2 nitrogen and oxygen atoms in total. The molecule has 0 spiro atoms. The fraction of sp³-hybridized carbons (Fsp3) is 1.00. The highest BCUT2D eigenvalue weighted by atomic mass is 15.2. The summed E-state index contributed by atoms with van der Waals surface area (Å²) in [7, 11) is 2.12. The molecule has 1 rings (SSSR count). The Labute approximate surface area is 50.7 Å². The Morgan fingerprint density at radius 1 is 1.62 bits per heavy atom. The van der Waals surface area contributed by atoms with E-state index < -0.39 is 0 Å². The van der Waals surface area contributed by atoms with Crippen LogP contribution in [0.2, 0.25) is 0 Å². The van der Waals surface area contributed by atoms with Crippen molar-refractivity contribution in [3.05, 3.63) is 0 Å². The lowest BCUT2D eigenvalue weighted by atomic mass is 10.2. The lowest BCUT2D eigenvalue weighted by Crippen LogP contribution is -2.34. The summed E-state index contributed by atoms with van der Waals surface area (Å²) in [5.41, 5.74) is 5.73. The highest BCUT2D eigenvalue weighted by Crippen LogP contribution is 2.11. The molecule has 8 heavy (non-hydrogen) atoms. The smallest absolute Gasteiger partial charge is 0.0216 e. The van der Waals surface area contributed by atoms with Gasteiger partial charge in [-0.2, -0.15) is 0 Å². The van der Waals surface area contributed by atoms with Gasteiger partial charge in [0.05, 0.1) is 0 Å². The quantitative estimate of drug-likeness (QED) is 0.481. The molecule has 0 aromatic carbocycles. The maximum absolute atomic E-state index is 5.73. The summed E-state index contributed by atoms with van der Waals surface area (Å²) in [5, 5.41) is 0. The highest BCUT2D eigenvalue weighted by molar-refractivity contribution is 4.83. The van der Waals surface area contributed by atoms with Crippen LogP contribution in [0.25, 0.3) is 0 Å². The zero-order chi connectivity index (χ0) is 6.15. The van der Waals surface area contributed by atoms with Crippen LogP contribution in [0, 0.1) is 0 Å². The summed E-state index contributed by atoms with van der Waals surface area (Å²) in [5.74, 6) is 0. The maximum atomic E-state index is 5.73. The minimum absolute atomic E-state index is 0.417. The van der Waals surface area contributed by atoms with Crippen molar-refractivity contribution in [2.24, 2.45) is 5.73 Å². The Balaban J connectivity index is 2.44. The van der Waals surface area contributed by atoms with Gasteiger partial charge < -0.3 is 10.6 Å². The van der Waals surface area contributed by atoms with E-state index in [-0.39, 0.29) is 0 Å². The first-order chi connectivity index (χ1) is 3.72. The van der Waals surface area contributed by atoms with Crippen molar-refractivity contribution in [2.75, 3.05) is 13.6 Å². The predicted molar refractivity (Wildman–Crippen MR) is 34.7 cm³/mol. The van der Waals surface area contributed by atoms with E-state index in [1.165, 1.54) is 6.54 Å². The third-order valence-corrected chi connectivity index (χ3v) is 2.13.